The Morgan fingerprint density at radius 1 is 1.18 bits per heavy atom. The predicted molar refractivity (Wildman–Crippen MR) is 160 cm³/mol. The maximum atomic E-state index is 13.7. The van der Waals surface area contributed by atoms with Gasteiger partial charge in [-0.25, -0.2) is 13.4 Å². The number of hydrogen-bond acceptors (Lipinski definition) is 8. The smallest absolute Gasteiger partial charge is 0.280 e. The van der Waals surface area contributed by atoms with E-state index >= 15 is 0 Å². The second-order valence-electron chi connectivity index (χ2n) is 9.19. The van der Waals surface area contributed by atoms with Gasteiger partial charge in [-0.1, -0.05) is 39.4 Å². The van der Waals surface area contributed by atoms with Crippen molar-refractivity contribution in [3.63, 3.8) is 0 Å². The van der Waals surface area contributed by atoms with Crippen LogP contribution < -0.4 is 9.75 Å². The molecule has 1 aliphatic heterocycles. The molecule has 1 fully saturated rings. The Labute approximate surface area is 245 Å². The summed E-state index contributed by atoms with van der Waals surface area (Å²) in [6, 6.07) is 18.8. The number of carbonyl (C=O) groups is 1. The molecule has 1 aliphatic rings. The van der Waals surface area contributed by atoms with Crippen LogP contribution in [0.5, 0.6) is 5.75 Å². The molecule has 0 radical (unpaired) electrons. The van der Waals surface area contributed by atoms with Crippen molar-refractivity contribution in [2.75, 3.05) is 32.3 Å². The van der Waals surface area contributed by atoms with E-state index in [1.807, 2.05) is 36.4 Å². The molecule has 40 heavy (non-hydrogen) atoms. The van der Waals surface area contributed by atoms with E-state index in [1.165, 1.54) is 52.0 Å². The van der Waals surface area contributed by atoms with Gasteiger partial charge in [0.05, 0.1) is 34.5 Å². The number of rotatable bonds is 9. The summed E-state index contributed by atoms with van der Waals surface area (Å²) in [5.41, 5.74) is 1.76. The zero-order chi connectivity index (χ0) is 28.3. The number of benzene rings is 3. The Morgan fingerprint density at radius 3 is 2.60 bits per heavy atom. The molecule has 5 rings (SSSR count). The van der Waals surface area contributed by atoms with Gasteiger partial charge in [0.2, 0.25) is 15.2 Å². The second-order valence-corrected chi connectivity index (χ2v) is 13.2. The fraction of sp³-hybridized carbons (Fsp3) is 0.250. The number of sulfonamides is 1. The van der Waals surface area contributed by atoms with Crippen LogP contribution >= 0.6 is 27.3 Å². The Hall–Kier alpha value is -3.16. The van der Waals surface area contributed by atoms with Crippen molar-refractivity contribution in [3.05, 3.63) is 82.3 Å². The monoisotopic (exact) mass is 642 g/mol. The van der Waals surface area contributed by atoms with Gasteiger partial charge in [0.25, 0.3) is 5.91 Å². The molecular weight excluding hydrogens is 616 g/mol. The molecule has 1 aromatic heterocycles. The number of carbonyl (C=O) groups excluding carboxylic acids is 1. The normalized spacial score (nSPS) is 15.8. The van der Waals surface area contributed by atoms with Crippen LogP contribution in [0.1, 0.15) is 28.8 Å². The van der Waals surface area contributed by atoms with Crippen LogP contribution in [0.3, 0.4) is 0 Å². The first kappa shape index (κ1) is 28.4. The summed E-state index contributed by atoms with van der Waals surface area (Å²) in [6.45, 7) is 0.933. The summed E-state index contributed by atoms with van der Waals surface area (Å²) in [5, 5.41) is 6.08. The number of likely N-dealkylation sites (N-methyl/N-ethyl adjacent to an activating group) is 1. The summed E-state index contributed by atoms with van der Waals surface area (Å²) in [5.74, 6) is 0.233. The van der Waals surface area contributed by atoms with E-state index < -0.39 is 15.9 Å². The minimum atomic E-state index is -3.74. The lowest BCUT2D eigenvalue weighted by Crippen LogP contribution is -2.34. The largest absolute Gasteiger partial charge is 0.497 e. The van der Waals surface area contributed by atoms with E-state index in [0.717, 1.165) is 27.6 Å². The van der Waals surface area contributed by atoms with E-state index in [1.54, 1.807) is 19.4 Å². The standard InChI is InChI=1S/C28H27BrN4O5S2/c1-32(18-23-4-3-15-38-23)40(35,36)24-12-7-20(8-13-24)27(34)33(30-17-19-5-9-21(29)10-6-19)28-31-25-14-11-22(37-2)16-26(25)39-28/h5-14,16-17,23H,3-4,15,18H2,1-2H3/b30-17+. The van der Waals surface area contributed by atoms with Crippen LogP contribution in [0.4, 0.5) is 5.13 Å². The lowest BCUT2D eigenvalue weighted by molar-refractivity contribution is 0.0978. The summed E-state index contributed by atoms with van der Waals surface area (Å²) in [7, 11) is -0.615. The lowest BCUT2D eigenvalue weighted by Gasteiger charge is -2.20. The topological polar surface area (TPSA) is 101 Å². The average Bonchev–Trinajstić information content (AvgIpc) is 3.63. The lowest BCUT2D eigenvalue weighted by atomic mass is 10.2. The molecule has 0 N–H and O–H groups in total. The molecule has 0 spiro atoms. The molecule has 1 amide bonds. The Balaban J connectivity index is 1.44. The first-order valence-corrected chi connectivity index (χ1v) is 15.6. The highest BCUT2D eigenvalue weighted by molar-refractivity contribution is 9.10. The highest BCUT2D eigenvalue weighted by atomic mass is 79.9. The van der Waals surface area contributed by atoms with Crippen LogP contribution in [0, 0.1) is 0 Å². The number of aromatic nitrogens is 1. The molecule has 2 heterocycles. The fourth-order valence-corrected chi connectivity index (χ4v) is 6.63. The van der Waals surface area contributed by atoms with Crippen LogP contribution in [0.15, 0.2) is 81.2 Å². The maximum absolute atomic E-state index is 13.7. The van der Waals surface area contributed by atoms with E-state index in [4.69, 9.17) is 9.47 Å². The molecule has 3 aromatic carbocycles. The predicted octanol–water partition coefficient (Wildman–Crippen LogP) is 5.55. The molecule has 0 saturated carbocycles. The number of hydrazone groups is 1. The number of amides is 1. The van der Waals surface area contributed by atoms with Gasteiger partial charge in [-0.2, -0.15) is 14.4 Å². The minimum Gasteiger partial charge on any atom is -0.497 e. The van der Waals surface area contributed by atoms with E-state index in [2.05, 4.69) is 26.0 Å². The van der Waals surface area contributed by atoms with E-state index in [0.29, 0.717) is 23.0 Å². The van der Waals surface area contributed by atoms with Gasteiger partial charge in [0.1, 0.15) is 5.75 Å². The van der Waals surface area contributed by atoms with Crippen molar-refractivity contribution in [2.24, 2.45) is 5.10 Å². The van der Waals surface area contributed by atoms with Crippen molar-refractivity contribution < 1.29 is 22.7 Å². The van der Waals surface area contributed by atoms with E-state index in [9.17, 15) is 13.2 Å². The zero-order valence-corrected chi connectivity index (χ0v) is 25.1. The molecule has 9 nitrogen and oxygen atoms in total. The highest BCUT2D eigenvalue weighted by Crippen LogP contribution is 2.32. The number of anilines is 1. The molecule has 208 valence electrons. The van der Waals surface area contributed by atoms with Crippen molar-refractivity contribution in [3.8, 4) is 5.75 Å². The number of nitrogens with zero attached hydrogens (tertiary/aromatic N) is 4. The van der Waals surface area contributed by atoms with Crippen LogP contribution in [0.25, 0.3) is 10.2 Å². The van der Waals surface area contributed by atoms with Gasteiger partial charge in [-0.05, 0) is 73.0 Å². The van der Waals surface area contributed by atoms with Gasteiger partial charge in [-0.15, -0.1) is 0 Å². The third-order valence-corrected chi connectivity index (χ3v) is 9.80. The summed E-state index contributed by atoms with van der Waals surface area (Å²) in [6.07, 6.45) is 3.24. The van der Waals surface area contributed by atoms with Gasteiger partial charge in [-0.3, -0.25) is 4.79 Å². The van der Waals surface area contributed by atoms with Gasteiger partial charge < -0.3 is 9.47 Å². The van der Waals surface area contributed by atoms with Crippen molar-refractivity contribution >= 4 is 64.8 Å². The number of hydrogen-bond donors (Lipinski definition) is 0. The van der Waals surface area contributed by atoms with Gasteiger partial charge in [0, 0.05) is 30.2 Å². The first-order chi connectivity index (χ1) is 19.2. The number of halogens is 1. The molecule has 0 aliphatic carbocycles. The SMILES string of the molecule is COc1ccc2nc(N(/N=C/c3ccc(Br)cc3)C(=O)c3ccc(S(=O)(=O)N(C)CC4CCCO4)cc3)sc2c1. The Bertz CT molecular complexity index is 1630. The molecule has 1 unspecified atom stereocenters. The van der Waals surface area contributed by atoms with Crippen LogP contribution in [-0.4, -0.2) is 63.2 Å². The molecule has 1 saturated heterocycles. The van der Waals surface area contributed by atoms with Crippen molar-refractivity contribution in [1.29, 1.82) is 0 Å². The highest BCUT2D eigenvalue weighted by Gasteiger charge is 2.27. The van der Waals surface area contributed by atoms with Gasteiger partial charge in [0.15, 0.2) is 0 Å². The van der Waals surface area contributed by atoms with Crippen molar-refractivity contribution in [1.82, 2.24) is 9.29 Å². The minimum absolute atomic E-state index is 0.0987. The number of thiazole rings is 1. The number of fused-ring (bicyclic) bond motifs is 1. The molecule has 12 heteroatoms. The van der Waals surface area contributed by atoms with E-state index in [-0.39, 0.29) is 23.1 Å². The third-order valence-electron chi connectivity index (χ3n) is 6.44. The fourth-order valence-electron chi connectivity index (χ4n) is 4.22. The third kappa shape index (κ3) is 6.26. The van der Waals surface area contributed by atoms with Gasteiger partial charge >= 0.3 is 0 Å². The maximum Gasteiger partial charge on any atom is 0.280 e. The summed E-state index contributed by atoms with van der Waals surface area (Å²) < 4.78 is 40.2. The molecular formula is C28H27BrN4O5S2. The Kier molecular flexibility index (Phi) is 8.62. The zero-order valence-electron chi connectivity index (χ0n) is 21.9. The number of methoxy groups -OCH3 is 1. The van der Waals surface area contributed by atoms with Crippen LogP contribution in [-0.2, 0) is 14.8 Å². The second kappa shape index (κ2) is 12.1. The number of ether oxygens (including phenoxy) is 2. The first-order valence-electron chi connectivity index (χ1n) is 12.5. The Morgan fingerprint density at radius 2 is 1.93 bits per heavy atom. The molecule has 1 atom stereocenters. The average molecular weight is 644 g/mol. The molecule has 4 aromatic rings. The quantitative estimate of drug-likeness (QED) is 0.175. The van der Waals surface area contributed by atoms with Crippen molar-refractivity contribution in [2.45, 2.75) is 23.8 Å². The molecule has 0 bridgehead atoms. The van der Waals surface area contributed by atoms with Crippen LogP contribution in [0.2, 0.25) is 0 Å². The summed E-state index contributed by atoms with van der Waals surface area (Å²) >= 11 is 4.72. The summed E-state index contributed by atoms with van der Waals surface area (Å²) in [4.78, 5) is 18.4.